The molecule has 1 aromatic carbocycles. The lowest BCUT2D eigenvalue weighted by Crippen LogP contribution is -2.20. The summed E-state index contributed by atoms with van der Waals surface area (Å²) in [7, 11) is 0. The molecule has 0 aliphatic heterocycles. The molecule has 94 valence electrons. The topological polar surface area (TPSA) is 64.4 Å². The third-order valence-electron chi connectivity index (χ3n) is 1.98. The molecule has 0 fully saturated rings. The Morgan fingerprint density at radius 2 is 2.29 bits per heavy atom. The van der Waals surface area contributed by atoms with Gasteiger partial charge in [-0.1, -0.05) is 6.92 Å². The number of nitrogens with zero attached hydrogens (tertiary/aromatic N) is 1. The molecule has 0 atom stereocenters. The van der Waals surface area contributed by atoms with Crippen LogP contribution in [-0.2, 0) is 0 Å². The number of rotatable bonds is 6. The van der Waals surface area contributed by atoms with E-state index in [-0.39, 0.29) is 22.5 Å². The van der Waals surface area contributed by atoms with Crippen molar-refractivity contribution >= 4 is 21.6 Å². The van der Waals surface area contributed by atoms with Crippen LogP contribution in [0.3, 0.4) is 0 Å². The standard InChI is InChI=1S/C10H12BrFN2O3/c1-2-13-3-4-17-10-5-7(11)8(12)6-9(10)14(15)16/h5-6,13H,2-4H2,1H3. The largest absolute Gasteiger partial charge is 0.485 e. The highest BCUT2D eigenvalue weighted by molar-refractivity contribution is 9.10. The summed E-state index contributed by atoms with van der Waals surface area (Å²) in [5, 5.41) is 13.7. The quantitative estimate of drug-likeness (QED) is 0.498. The molecule has 0 aliphatic carbocycles. The Morgan fingerprint density at radius 3 is 2.88 bits per heavy atom. The Kier molecular flexibility index (Phi) is 5.30. The van der Waals surface area contributed by atoms with E-state index in [1.165, 1.54) is 6.07 Å². The third kappa shape index (κ3) is 3.94. The number of likely N-dealkylation sites (N-methyl/N-ethyl adjacent to an activating group) is 1. The van der Waals surface area contributed by atoms with Gasteiger partial charge in [0.1, 0.15) is 12.4 Å². The third-order valence-corrected chi connectivity index (χ3v) is 2.59. The SMILES string of the molecule is CCNCCOc1cc(Br)c(F)cc1[N+](=O)[O-]. The van der Waals surface area contributed by atoms with Crippen LogP contribution in [0.5, 0.6) is 5.75 Å². The first-order valence-corrected chi connectivity index (χ1v) is 5.82. The van der Waals surface area contributed by atoms with Gasteiger partial charge in [-0.15, -0.1) is 0 Å². The maximum Gasteiger partial charge on any atom is 0.313 e. The van der Waals surface area contributed by atoms with E-state index in [0.29, 0.717) is 6.54 Å². The fraction of sp³-hybridized carbons (Fsp3) is 0.400. The number of nitrogens with one attached hydrogen (secondary N) is 1. The van der Waals surface area contributed by atoms with Crippen LogP contribution in [0.4, 0.5) is 10.1 Å². The predicted octanol–water partition coefficient (Wildman–Crippen LogP) is 2.48. The second kappa shape index (κ2) is 6.51. The summed E-state index contributed by atoms with van der Waals surface area (Å²) in [5.41, 5.74) is -0.373. The van der Waals surface area contributed by atoms with Crippen molar-refractivity contribution in [3.8, 4) is 5.75 Å². The van der Waals surface area contributed by atoms with Gasteiger partial charge in [-0.3, -0.25) is 10.1 Å². The minimum Gasteiger partial charge on any atom is -0.485 e. The highest BCUT2D eigenvalue weighted by Crippen LogP contribution is 2.32. The zero-order chi connectivity index (χ0) is 12.8. The van der Waals surface area contributed by atoms with Crippen molar-refractivity contribution in [2.75, 3.05) is 19.7 Å². The lowest BCUT2D eigenvalue weighted by Gasteiger charge is -2.07. The molecule has 0 radical (unpaired) electrons. The van der Waals surface area contributed by atoms with Gasteiger partial charge < -0.3 is 10.1 Å². The highest BCUT2D eigenvalue weighted by Gasteiger charge is 2.18. The minimum atomic E-state index is -0.685. The molecule has 7 heteroatoms. The van der Waals surface area contributed by atoms with E-state index in [4.69, 9.17) is 4.74 Å². The summed E-state index contributed by atoms with van der Waals surface area (Å²) in [6.45, 7) is 3.59. The predicted molar refractivity (Wildman–Crippen MR) is 64.8 cm³/mol. The van der Waals surface area contributed by atoms with E-state index in [2.05, 4.69) is 21.2 Å². The summed E-state index contributed by atoms with van der Waals surface area (Å²) < 4.78 is 18.5. The molecule has 0 amide bonds. The first-order valence-electron chi connectivity index (χ1n) is 5.03. The molecule has 1 aromatic rings. The normalized spacial score (nSPS) is 10.3. The molecule has 0 aliphatic rings. The molecule has 0 bridgehead atoms. The maximum absolute atomic E-state index is 13.1. The van der Waals surface area contributed by atoms with E-state index >= 15 is 0 Å². The molecular formula is C10H12BrFN2O3. The Labute approximate surface area is 106 Å². The number of nitro groups is 1. The molecule has 0 heterocycles. The molecule has 0 saturated heterocycles. The van der Waals surface area contributed by atoms with Crippen molar-refractivity contribution in [3.63, 3.8) is 0 Å². The number of nitro benzene ring substituents is 1. The average Bonchev–Trinajstić information content (AvgIpc) is 2.28. The lowest BCUT2D eigenvalue weighted by molar-refractivity contribution is -0.386. The van der Waals surface area contributed by atoms with Gasteiger partial charge in [0, 0.05) is 12.6 Å². The number of halogens is 2. The monoisotopic (exact) mass is 306 g/mol. The van der Waals surface area contributed by atoms with Crippen molar-refractivity contribution < 1.29 is 14.1 Å². The van der Waals surface area contributed by atoms with Crippen LogP contribution in [0.25, 0.3) is 0 Å². The van der Waals surface area contributed by atoms with Gasteiger partial charge in [-0.25, -0.2) is 4.39 Å². The summed E-state index contributed by atoms with van der Waals surface area (Å²) in [6.07, 6.45) is 0. The van der Waals surface area contributed by atoms with Gasteiger partial charge in [0.05, 0.1) is 15.5 Å². The molecule has 17 heavy (non-hydrogen) atoms. The fourth-order valence-electron chi connectivity index (χ4n) is 1.19. The van der Waals surface area contributed by atoms with Crippen LogP contribution in [0, 0.1) is 15.9 Å². The van der Waals surface area contributed by atoms with Gasteiger partial charge in [0.2, 0.25) is 0 Å². The molecule has 0 unspecified atom stereocenters. The summed E-state index contributed by atoms with van der Waals surface area (Å²) in [4.78, 5) is 10.0. The molecule has 0 saturated carbocycles. The highest BCUT2D eigenvalue weighted by atomic mass is 79.9. The van der Waals surface area contributed by atoms with Crippen LogP contribution < -0.4 is 10.1 Å². The summed E-state index contributed by atoms with van der Waals surface area (Å²) >= 11 is 2.96. The van der Waals surface area contributed by atoms with Crippen molar-refractivity contribution in [2.24, 2.45) is 0 Å². The van der Waals surface area contributed by atoms with E-state index in [9.17, 15) is 14.5 Å². The van der Waals surface area contributed by atoms with E-state index in [1.807, 2.05) is 6.92 Å². The van der Waals surface area contributed by atoms with Gasteiger partial charge in [0.15, 0.2) is 5.75 Å². The molecule has 0 spiro atoms. The van der Waals surface area contributed by atoms with E-state index < -0.39 is 10.7 Å². The number of benzene rings is 1. The van der Waals surface area contributed by atoms with Gasteiger partial charge in [-0.05, 0) is 22.5 Å². The van der Waals surface area contributed by atoms with Gasteiger partial charge >= 0.3 is 5.69 Å². The average molecular weight is 307 g/mol. The van der Waals surface area contributed by atoms with Gasteiger partial charge in [-0.2, -0.15) is 0 Å². The van der Waals surface area contributed by atoms with Crippen LogP contribution in [0.1, 0.15) is 6.92 Å². The second-order valence-corrected chi connectivity index (χ2v) is 4.05. The molecule has 0 aromatic heterocycles. The maximum atomic E-state index is 13.1. The van der Waals surface area contributed by atoms with Crippen LogP contribution in [0.15, 0.2) is 16.6 Å². The number of hydrogen-bond acceptors (Lipinski definition) is 4. The Balaban J connectivity index is 2.81. The number of hydrogen-bond donors (Lipinski definition) is 1. The van der Waals surface area contributed by atoms with Crippen molar-refractivity contribution in [1.29, 1.82) is 0 Å². The summed E-state index contributed by atoms with van der Waals surface area (Å²) in [5.74, 6) is -0.628. The first kappa shape index (κ1) is 13.9. The lowest BCUT2D eigenvalue weighted by atomic mass is 10.3. The first-order chi connectivity index (χ1) is 8.06. The van der Waals surface area contributed by atoms with Crippen molar-refractivity contribution in [2.45, 2.75) is 6.92 Å². The second-order valence-electron chi connectivity index (χ2n) is 3.19. The van der Waals surface area contributed by atoms with Crippen molar-refractivity contribution in [1.82, 2.24) is 5.32 Å². The van der Waals surface area contributed by atoms with Crippen molar-refractivity contribution in [3.05, 3.63) is 32.5 Å². The molecule has 5 nitrogen and oxygen atoms in total. The van der Waals surface area contributed by atoms with Crippen LogP contribution in [0.2, 0.25) is 0 Å². The van der Waals surface area contributed by atoms with Crippen LogP contribution in [-0.4, -0.2) is 24.6 Å². The molecule has 1 rings (SSSR count). The molecule has 1 N–H and O–H groups in total. The van der Waals surface area contributed by atoms with E-state index in [0.717, 1.165) is 12.6 Å². The van der Waals surface area contributed by atoms with E-state index in [1.54, 1.807) is 0 Å². The minimum absolute atomic E-state index is 0.0566. The van der Waals surface area contributed by atoms with Gasteiger partial charge in [0.25, 0.3) is 0 Å². The Morgan fingerprint density at radius 1 is 1.59 bits per heavy atom. The number of ether oxygens (including phenoxy) is 1. The Bertz CT molecular complexity index is 415. The summed E-state index contributed by atoms with van der Waals surface area (Å²) in [6, 6.07) is 2.10. The smallest absolute Gasteiger partial charge is 0.313 e. The molecular weight excluding hydrogens is 295 g/mol. The van der Waals surface area contributed by atoms with Crippen LogP contribution >= 0.6 is 15.9 Å². The zero-order valence-electron chi connectivity index (χ0n) is 9.20. The Hall–Kier alpha value is -1.21. The zero-order valence-corrected chi connectivity index (χ0v) is 10.8. The fourth-order valence-corrected chi connectivity index (χ4v) is 1.51.